The topological polar surface area (TPSA) is 39.9 Å². The summed E-state index contributed by atoms with van der Waals surface area (Å²) in [5, 5.41) is 0. The summed E-state index contributed by atoms with van der Waals surface area (Å²) >= 11 is 0. The van der Waals surface area contributed by atoms with Crippen LogP contribution < -0.4 is 4.74 Å². The van der Waals surface area contributed by atoms with Crippen molar-refractivity contribution < 1.29 is 14.3 Å². The van der Waals surface area contributed by atoms with Crippen molar-refractivity contribution in [2.24, 2.45) is 0 Å². The zero-order chi connectivity index (χ0) is 15.1. The summed E-state index contributed by atoms with van der Waals surface area (Å²) in [4.78, 5) is 14.2. The van der Waals surface area contributed by atoms with Gasteiger partial charge >= 0.3 is 5.97 Å². The quantitative estimate of drug-likeness (QED) is 0.360. The fraction of sp³-hybridized carbons (Fsp3) is 0.0588. The first-order valence-electron chi connectivity index (χ1n) is 6.23. The van der Waals surface area contributed by atoms with Crippen LogP contribution in [0.15, 0.2) is 61.2 Å². The lowest BCUT2D eigenvalue weighted by Gasteiger charge is -2.07. The van der Waals surface area contributed by atoms with E-state index in [1.54, 1.807) is 24.3 Å². The molecule has 2 aromatic carbocycles. The normalized spacial score (nSPS) is 9.48. The lowest BCUT2D eigenvalue weighted by atomic mass is 10.1. The summed E-state index contributed by atoms with van der Waals surface area (Å²) in [7, 11) is 0. The minimum atomic E-state index is -0.522. The van der Waals surface area contributed by atoms with Crippen LogP contribution in [0.4, 0.5) is 5.69 Å². The number of nitrogens with zero attached hydrogens (tertiary/aromatic N) is 1. The smallest absolute Gasteiger partial charge is 0.333 e. The van der Waals surface area contributed by atoms with E-state index in [0.29, 0.717) is 11.4 Å². The highest BCUT2D eigenvalue weighted by Gasteiger charge is 2.00. The van der Waals surface area contributed by atoms with E-state index in [9.17, 15) is 4.79 Å². The fourth-order valence-electron chi connectivity index (χ4n) is 1.69. The molecule has 0 radical (unpaired) electrons. The first-order valence-corrected chi connectivity index (χ1v) is 6.23. The van der Waals surface area contributed by atoms with Crippen LogP contribution in [0.3, 0.4) is 0 Å². The number of hydrogen-bond donors (Lipinski definition) is 0. The van der Waals surface area contributed by atoms with Crippen LogP contribution in [-0.2, 0) is 9.53 Å². The van der Waals surface area contributed by atoms with E-state index < -0.39 is 5.97 Å². The minimum absolute atomic E-state index is 0.149. The number of ether oxygens (including phenoxy) is 2. The Hall–Kier alpha value is -3.06. The molecule has 0 aromatic heterocycles. The maximum absolute atomic E-state index is 10.9. The van der Waals surface area contributed by atoms with Crippen molar-refractivity contribution in [3.63, 3.8) is 0 Å². The van der Waals surface area contributed by atoms with E-state index in [1.807, 2.05) is 24.3 Å². The van der Waals surface area contributed by atoms with Gasteiger partial charge in [0.25, 0.3) is 0 Å². The summed E-state index contributed by atoms with van der Waals surface area (Å²) in [6.07, 6.45) is 1.08. The Labute approximate surface area is 123 Å². The third kappa shape index (κ3) is 3.95. The van der Waals surface area contributed by atoms with Crippen molar-refractivity contribution in [3.05, 3.63) is 72.6 Å². The van der Waals surface area contributed by atoms with Gasteiger partial charge in [-0.15, -0.1) is 0 Å². The molecular formula is C17H13NO3. The first kappa shape index (κ1) is 14.4. The van der Waals surface area contributed by atoms with E-state index in [1.165, 1.54) is 0 Å². The third-order valence-electron chi connectivity index (χ3n) is 2.78. The van der Waals surface area contributed by atoms with Gasteiger partial charge in [-0.3, -0.25) is 0 Å². The molecule has 0 unspecified atom stereocenters. The van der Waals surface area contributed by atoms with Crippen LogP contribution >= 0.6 is 0 Å². The van der Waals surface area contributed by atoms with Gasteiger partial charge in [-0.05, 0) is 23.3 Å². The monoisotopic (exact) mass is 279 g/mol. The van der Waals surface area contributed by atoms with E-state index in [0.717, 1.165) is 17.2 Å². The standard InChI is InChI=1S/C17H13NO3/c1-3-17(19)21-12-20-16-10-6-14(7-11-16)13-4-8-15(18-2)9-5-13/h3-11H,1,12H2. The lowest BCUT2D eigenvalue weighted by molar-refractivity contribution is -0.144. The highest BCUT2D eigenvalue weighted by molar-refractivity contribution is 5.81. The third-order valence-corrected chi connectivity index (χ3v) is 2.78. The summed E-state index contributed by atoms with van der Waals surface area (Å²) in [5.74, 6) is 0.0832. The van der Waals surface area contributed by atoms with Gasteiger partial charge < -0.3 is 9.47 Å². The molecule has 0 fully saturated rings. The predicted molar refractivity (Wildman–Crippen MR) is 79.9 cm³/mol. The van der Waals surface area contributed by atoms with Crippen molar-refractivity contribution in [2.45, 2.75) is 0 Å². The molecule has 2 rings (SSSR count). The lowest BCUT2D eigenvalue weighted by Crippen LogP contribution is -2.07. The Morgan fingerprint density at radius 2 is 1.67 bits per heavy atom. The van der Waals surface area contributed by atoms with Gasteiger partial charge in [0.05, 0.1) is 6.57 Å². The minimum Gasteiger partial charge on any atom is -0.457 e. The molecular weight excluding hydrogens is 266 g/mol. The summed E-state index contributed by atoms with van der Waals surface area (Å²) < 4.78 is 10.0. The van der Waals surface area contributed by atoms with Crippen LogP contribution in [-0.4, -0.2) is 12.8 Å². The van der Waals surface area contributed by atoms with Gasteiger partial charge in [0, 0.05) is 6.08 Å². The SMILES string of the molecule is [C-]#[N+]c1ccc(-c2ccc(OCOC(=O)C=C)cc2)cc1. The molecule has 0 heterocycles. The van der Waals surface area contributed by atoms with E-state index in [2.05, 4.69) is 11.4 Å². The van der Waals surface area contributed by atoms with Gasteiger partial charge in [-0.1, -0.05) is 43.0 Å². The van der Waals surface area contributed by atoms with E-state index in [4.69, 9.17) is 16.0 Å². The van der Waals surface area contributed by atoms with Crippen molar-refractivity contribution in [1.29, 1.82) is 0 Å². The van der Waals surface area contributed by atoms with Gasteiger partial charge in [-0.2, -0.15) is 0 Å². The van der Waals surface area contributed by atoms with Crippen LogP contribution in [0, 0.1) is 6.57 Å². The second kappa shape index (κ2) is 6.92. The van der Waals surface area contributed by atoms with Crippen molar-refractivity contribution in [3.8, 4) is 16.9 Å². The highest BCUT2D eigenvalue weighted by atomic mass is 16.7. The molecule has 104 valence electrons. The molecule has 0 aliphatic heterocycles. The summed E-state index contributed by atoms with van der Waals surface area (Å²) in [6.45, 7) is 10.1. The Kier molecular flexibility index (Phi) is 4.73. The highest BCUT2D eigenvalue weighted by Crippen LogP contribution is 2.24. The summed E-state index contributed by atoms with van der Waals surface area (Å²) in [5.41, 5.74) is 2.65. The molecule has 2 aromatic rings. The number of esters is 1. The molecule has 4 nitrogen and oxygen atoms in total. The average molecular weight is 279 g/mol. The maximum Gasteiger partial charge on any atom is 0.333 e. The molecule has 0 bridgehead atoms. The van der Waals surface area contributed by atoms with Crippen LogP contribution in [0.5, 0.6) is 5.75 Å². The van der Waals surface area contributed by atoms with Crippen LogP contribution in [0.2, 0.25) is 0 Å². The number of benzene rings is 2. The molecule has 0 aliphatic carbocycles. The number of carbonyl (C=O) groups is 1. The number of rotatable bonds is 5. The Morgan fingerprint density at radius 1 is 1.10 bits per heavy atom. The van der Waals surface area contributed by atoms with E-state index in [-0.39, 0.29) is 6.79 Å². The van der Waals surface area contributed by atoms with Gasteiger partial charge in [0.2, 0.25) is 6.79 Å². The maximum atomic E-state index is 10.9. The molecule has 0 saturated carbocycles. The fourth-order valence-corrected chi connectivity index (χ4v) is 1.69. The Bertz CT molecular complexity index is 667. The van der Waals surface area contributed by atoms with Gasteiger partial charge in [-0.25, -0.2) is 9.64 Å². The summed E-state index contributed by atoms with van der Waals surface area (Å²) in [6, 6.07) is 14.7. The number of hydrogen-bond acceptors (Lipinski definition) is 3. The predicted octanol–water partition coefficient (Wildman–Crippen LogP) is 3.97. The van der Waals surface area contributed by atoms with Crippen LogP contribution in [0.25, 0.3) is 16.0 Å². The molecule has 0 saturated heterocycles. The molecule has 0 spiro atoms. The van der Waals surface area contributed by atoms with Crippen molar-refractivity contribution >= 4 is 11.7 Å². The van der Waals surface area contributed by atoms with Gasteiger partial charge in [0.15, 0.2) is 5.69 Å². The van der Waals surface area contributed by atoms with E-state index >= 15 is 0 Å². The molecule has 0 atom stereocenters. The largest absolute Gasteiger partial charge is 0.457 e. The molecule has 0 amide bonds. The Balaban J connectivity index is 1.99. The molecule has 4 heteroatoms. The second-order valence-corrected chi connectivity index (χ2v) is 4.11. The molecule has 21 heavy (non-hydrogen) atoms. The van der Waals surface area contributed by atoms with Crippen LogP contribution in [0.1, 0.15) is 0 Å². The van der Waals surface area contributed by atoms with Gasteiger partial charge in [0.1, 0.15) is 5.75 Å². The zero-order valence-electron chi connectivity index (χ0n) is 11.3. The molecule has 0 aliphatic rings. The first-order chi connectivity index (χ1) is 10.2. The number of carbonyl (C=O) groups excluding carboxylic acids is 1. The second-order valence-electron chi connectivity index (χ2n) is 4.11. The van der Waals surface area contributed by atoms with Crippen molar-refractivity contribution in [2.75, 3.05) is 6.79 Å². The van der Waals surface area contributed by atoms with Crippen molar-refractivity contribution in [1.82, 2.24) is 0 Å². The molecule has 0 N–H and O–H groups in total. The average Bonchev–Trinajstić information content (AvgIpc) is 2.55. The Morgan fingerprint density at radius 3 is 2.19 bits per heavy atom. The zero-order valence-corrected chi connectivity index (χ0v) is 11.3.